The number of amides is 1. The molecule has 0 spiro atoms. The fourth-order valence-corrected chi connectivity index (χ4v) is 3.46. The SMILES string of the molecule is O=C(NCc1cncc(-c2ccsc2)c1)c1cccc(Oc2ccc(F)cc2)c1. The van der Waals surface area contributed by atoms with Gasteiger partial charge in [-0.1, -0.05) is 6.07 Å². The highest BCUT2D eigenvalue weighted by molar-refractivity contribution is 7.08. The fraction of sp³-hybridized carbons (Fsp3) is 0.0435. The number of hydrogen-bond acceptors (Lipinski definition) is 4. The molecule has 2 aromatic carbocycles. The molecule has 0 aliphatic heterocycles. The van der Waals surface area contributed by atoms with E-state index in [-0.39, 0.29) is 11.7 Å². The monoisotopic (exact) mass is 404 g/mol. The van der Waals surface area contributed by atoms with Gasteiger partial charge in [0, 0.05) is 30.1 Å². The molecule has 4 nitrogen and oxygen atoms in total. The molecule has 144 valence electrons. The molecule has 29 heavy (non-hydrogen) atoms. The number of ether oxygens (including phenoxy) is 1. The number of pyridine rings is 1. The van der Waals surface area contributed by atoms with Gasteiger partial charge in [-0.05, 0) is 76.5 Å². The van der Waals surface area contributed by atoms with Gasteiger partial charge in [0.15, 0.2) is 0 Å². The summed E-state index contributed by atoms with van der Waals surface area (Å²) in [5.74, 6) is 0.462. The Morgan fingerprint density at radius 3 is 2.66 bits per heavy atom. The number of hydrogen-bond donors (Lipinski definition) is 1. The minimum absolute atomic E-state index is 0.213. The molecule has 2 heterocycles. The zero-order chi connectivity index (χ0) is 20.1. The van der Waals surface area contributed by atoms with Gasteiger partial charge >= 0.3 is 0 Å². The van der Waals surface area contributed by atoms with Crippen LogP contribution in [0.25, 0.3) is 11.1 Å². The number of carbonyl (C=O) groups excluding carboxylic acids is 1. The number of rotatable bonds is 6. The Balaban J connectivity index is 1.41. The summed E-state index contributed by atoms with van der Waals surface area (Å²) in [5, 5.41) is 6.98. The quantitative estimate of drug-likeness (QED) is 0.450. The van der Waals surface area contributed by atoms with Gasteiger partial charge in [0.1, 0.15) is 17.3 Å². The van der Waals surface area contributed by atoms with E-state index >= 15 is 0 Å². The van der Waals surface area contributed by atoms with Crippen molar-refractivity contribution >= 4 is 17.2 Å². The standard InChI is InChI=1S/C23H17FN2O2S/c24-20-4-6-21(7-5-20)28-22-3-1-2-17(11-22)23(27)26-13-16-10-19(14-25-12-16)18-8-9-29-15-18/h1-12,14-15H,13H2,(H,26,27). The summed E-state index contributed by atoms with van der Waals surface area (Å²) in [6.45, 7) is 0.368. The number of nitrogens with zero attached hydrogens (tertiary/aromatic N) is 1. The molecule has 0 aliphatic rings. The number of carbonyl (C=O) groups is 1. The highest BCUT2D eigenvalue weighted by Gasteiger charge is 2.08. The molecular weight excluding hydrogens is 387 g/mol. The van der Waals surface area contributed by atoms with Crippen molar-refractivity contribution in [3.05, 3.63) is 101 Å². The van der Waals surface area contributed by atoms with Gasteiger partial charge in [0.25, 0.3) is 5.91 Å². The van der Waals surface area contributed by atoms with Gasteiger partial charge in [0.2, 0.25) is 0 Å². The number of halogens is 1. The Hall–Kier alpha value is -3.51. The van der Waals surface area contributed by atoms with Crippen LogP contribution in [-0.2, 0) is 6.54 Å². The zero-order valence-electron chi connectivity index (χ0n) is 15.3. The van der Waals surface area contributed by atoms with E-state index < -0.39 is 0 Å². The lowest BCUT2D eigenvalue weighted by atomic mass is 10.1. The molecule has 0 saturated carbocycles. The summed E-state index contributed by atoms with van der Waals surface area (Å²) in [6.07, 6.45) is 3.55. The van der Waals surface area contributed by atoms with Crippen LogP contribution in [0.15, 0.2) is 83.8 Å². The second-order valence-electron chi connectivity index (χ2n) is 6.36. The molecule has 4 rings (SSSR count). The highest BCUT2D eigenvalue weighted by Crippen LogP contribution is 2.23. The van der Waals surface area contributed by atoms with Gasteiger partial charge in [-0.15, -0.1) is 0 Å². The molecule has 1 N–H and O–H groups in total. The smallest absolute Gasteiger partial charge is 0.251 e. The number of nitrogens with one attached hydrogen (secondary N) is 1. The first-order valence-corrected chi connectivity index (χ1v) is 9.90. The minimum Gasteiger partial charge on any atom is -0.457 e. The lowest BCUT2D eigenvalue weighted by Crippen LogP contribution is -2.22. The maximum absolute atomic E-state index is 13.0. The third-order valence-corrected chi connectivity index (χ3v) is 4.93. The molecule has 6 heteroatoms. The topological polar surface area (TPSA) is 51.2 Å². The van der Waals surface area contributed by atoms with Crippen LogP contribution in [0, 0.1) is 5.82 Å². The van der Waals surface area contributed by atoms with E-state index in [1.165, 1.54) is 24.3 Å². The molecule has 0 radical (unpaired) electrons. The Kier molecular flexibility index (Phi) is 5.63. The zero-order valence-corrected chi connectivity index (χ0v) is 16.2. The maximum Gasteiger partial charge on any atom is 0.251 e. The lowest BCUT2D eigenvalue weighted by Gasteiger charge is -2.09. The van der Waals surface area contributed by atoms with Crippen LogP contribution in [0.5, 0.6) is 11.5 Å². The molecule has 4 aromatic rings. The van der Waals surface area contributed by atoms with E-state index in [1.54, 1.807) is 41.8 Å². The average molecular weight is 404 g/mol. The molecule has 0 atom stereocenters. The van der Waals surface area contributed by atoms with Crippen LogP contribution in [0.4, 0.5) is 4.39 Å². The Labute approximate surface area is 171 Å². The van der Waals surface area contributed by atoms with E-state index in [1.807, 2.05) is 23.7 Å². The van der Waals surface area contributed by atoms with Gasteiger partial charge in [-0.25, -0.2) is 4.39 Å². The van der Waals surface area contributed by atoms with E-state index in [9.17, 15) is 9.18 Å². The second-order valence-corrected chi connectivity index (χ2v) is 7.14. The highest BCUT2D eigenvalue weighted by atomic mass is 32.1. The number of aromatic nitrogens is 1. The number of thiophene rings is 1. The molecule has 0 saturated heterocycles. The van der Waals surface area contributed by atoms with Crippen LogP contribution in [0.1, 0.15) is 15.9 Å². The van der Waals surface area contributed by atoms with E-state index in [4.69, 9.17) is 4.74 Å². The minimum atomic E-state index is -0.331. The van der Waals surface area contributed by atoms with Crippen molar-refractivity contribution in [2.45, 2.75) is 6.54 Å². The predicted octanol–water partition coefficient (Wildman–Crippen LogP) is 5.67. The summed E-state index contributed by atoms with van der Waals surface area (Å²) in [7, 11) is 0. The molecule has 0 unspecified atom stereocenters. The van der Waals surface area contributed by atoms with Crippen molar-refractivity contribution in [1.82, 2.24) is 10.3 Å². The van der Waals surface area contributed by atoms with Crippen molar-refractivity contribution in [1.29, 1.82) is 0 Å². The Bertz CT molecular complexity index is 1110. The van der Waals surface area contributed by atoms with Gasteiger partial charge in [-0.3, -0.25) is 9.78 Å². The first-order valence-electron chi connectivity index (χ1n) is 8.95. The third-order valence-electron chi connectivity index (χ3n) is 4.25. The van der Waals surface area contributed by atoms with Crippen molar-refractivity contribution in [2.24, 2.45) is 0 Å². The normalized spacial score (nSPS) is 10.5. The Morgan fingerprint density at radius 1 is 1.00 bits per heavy atom. The molecular formula is C23H17FN2O2S. The van der Waals surface area contributed by atoms with Gasteiger partial charge in [-0.2, -0.15) is 11.3 Å². The van der Waals surface area contributed by atoms with E-state index in [0.717, 1.165) is 16.7 Å². The third kappa shape index (κ3) is 4.86. The van der Waals surface area contributed by atoms with E-state index in [0.29, 0.717) is 23.6 Å². The van der Waals surface area contributed by atoms with Crippen molar-refractivity contribution in [2.75, 3.05) is 0 Å². The summed E-state index contributed by atoms with van der Waals surface area (Å²) in [5.41, 5.74) is 3.53. The summed E-state index contributed by atoms with van der Waals surface area (Å²) >= 11 is 1.63. The van der Waals surface area contributed by atoms with Crippen LogP contribution >= 0.6 is 11.3 Å². The summed E-state index contributed by atoms with van der Waals surface area (Å²) < 4.78 is 18.7. The van der Waals surface area contributed by atoms with Crippen LogP contribution in [0.3, 0.4) is 0 Å². The van der Waals surface area contributed by atoms with Crippen molar-refractivity contribution in [3.8, 4) is 22.6 Å². The summed E-state index contributed by atoms with van der Waals surface area (Å²) in [4.78, 5) is 16.8. The lowest BCUT2D eigenvalue weighted by molar-refractivity contribution is 0.0950. The average Bonchev–Trinajstić information content (AvgIpc) is 3.29. The van der Waals surface area contributed by atoms with Crippen LogP contribution in [0.2, 0.25) is 0 Å². The first kappa shape index (κ1) is 18.8. The summed E-state index contributed by atoms with van der Waals surface area (Å²) in [6, 6.07) is 16.6. The maximum atomic E-state index is 13.0. The predicted molar refractivity (Wildman–Crippen MR) is 112 cm³/mol. The largest absolute Gasteiger partial charge is 0.457 e. The second kappa shape index (κ2) is 8.67. The van der Waals surface area contributed by atoms with Crippen LogP contribution < -0.4 is 10.1 Å². The fourth-order valence-electron chi connectivity index (χ4n) is 2.79. The molecule has 2 aromatic heterocycles. The van der Waals surface area contributed by atoms with Gasteiger partial charge in [0.05, 0.1) is 0 Å². The number of benzene rings is 2. The molecule has 0 fully saturated rings. The molecule has 0 aliphatic carbocycles. The first-order chi connectivity index (χ1) is 14.2. The molecule has 1 amide bonds. The van der Waals surface area contributed by atoms with E-state index in [2.05, 4.69) is 15.7 Å². The van der Waals surface area contributed by atoms with Crippen LogP contribution in [-0.4, -0.2) is 10.9 Å². The molecule has 0 bridgehead atoms. The van der Waals surface area contributed by atoms with Crippen molar-refractivity contribution in [3.63, 3.8) is 0 Å². The Morgan fingerprint density at radius 2 is 1.86 bits per heavy atom. The van der Waals surface area contributed by atoms with Gasteiger partial charge < -0.3 is 10.1 Å². The van der Waals surface area contributed by atoms with Crippen molar-refractivity contribution < 1.29 is 13.9 Å².